The maximum atomic E-state index is 14.6. The number of sulfonamides is 1. The van der Waals surface area contributed by atoms with Crippen molar-refractivity contribution in [3.8, 4) is 0 Å². The van der Waals surface area contributed by atoms with Gasteiger partial charge in [-0.05, 0) is 80.8 Å². The Balaban J connectivity index is 1.84. The molecular weight excluding hydrogens is 629 g/mol. The smallest absolute Gasteiger partial charge is 0.264 e. The number of benzene rings is 4. The van der Waals surface area contributed by atoms with E-state index < -0.39 is 34.1 Å². The van der Waals surface area contributed by atoms with E-state index in [0.29, 0.717) is 26.9 Å². The Morgan fingerprint density at radius 3 is 2.04 bits per heavy atom. The van der Waals surface area contributed by atoms with E-state index in [9.17, 15) is 18.0 Å². The van der Waals surface area contributed by atoms with E-state index >= 15 is 0 Å². The average molecular weight is 667 g/mol. The van der Waals surface area contributed by atoms with Crippen molar-refractivity contribution >= 4 is 50.7 Å². The molecular formula is C35H37Cl2N3O4S. The Labute approximate surface area is 275 Å². The number of carbonyl (C=O) groups is 2. The van der Waals surface area contributed by atoms with E-state index in [-0.39, 0.29) is 23.8 Å². The van der Waals surface area contributed by atoms with Crippen LogP contribution in [0.2, 0.25) is 10.0 Å². The molecule has 0 radical (unpaired) electrons. The van der Waals surface area contributed by atoms with Crippen LogP contribution in [0.4, 0.5) is 5.69 Å². The number of nitrogens with one attached hydrogen (secondary N) is 1. The van der Waals surface area contributed by atoms with Gasteiger partial charge in [-0.25, -0.2) is 8.42 Å². The standard InChI is InChI=1S/C35H37Cl2N3O4S/c1-25-21-28(36)19-20-31(25)40(45(43,44)29-16-9-6-10-17-29)24-33(41)39(23-27-15-11-12-18-30(27)37)32(34(42)38-35(2,3)4)22-26-13-7-5-8-14-26/h5-21,32H,22-24H2,1-4H3,(H,38,42)/t32-/m0/s1. The number of hydrogen-bond acceptors (Lipinski definition) is 4. The van der Waals surface area contributed by atoms with E-state index in [1.807, 2.05) is 51.1 Å². The van der Waals surface area contributed by atoms with Gasteiger partial charge in [0.15, 0.2) is 0 Å². The highest BCUT2D eigenvalue weighted by atomic mass is 35.5. The molecule has 0 aliphatic heterocycles. The Kier molecular flexibility index (Phi) is 11.0. The van der Waals surface area contributed by atoms with Gasteiger partial charge in [-0.2, -0.15) is 0 Å². The molecule has 10 heteroatoms. The van der Waals surface area contributed by atoms with Crippen LogP contribution in [0.1, 0.15) is 37.5 Å². The second-order valence-corrected chi connectivity index (χ2v) is 14.5. The van der Waals surface area contributed by atoms with Crippen LogP contribution in [0.5, 0.6) is 0 Å². The Hall–Kier alpha value is -3.85. The molecule has 4 aromatic carbocycles. The normalized spacial score (nSPS) is 12.3. The first-order chi connectivity index (χ1) is 21.3. The van der Waals surface area contributed by atoms with Crippen molar-refractivity contribution in [1.82, 2.24) is 10.2 Å². The summed E-state index contributed by atoms with van der Waals surface area (Å²) in [6, 6.07) is 28.2. The van der Waals surface area contributed by atoms with Crippen LogP contribution in [0, 0.1) is 6.92 Å². The van der Waals surface area contributed by atoms with Crippen LogP contribution >= 0.6 is 23.2 Å². The summed E-state index contributed by atoms with van der Waals surface area (Å²) < 4.78 is 29.4. The zero-order chi connectivity index (χ0) is 32.8. The molecule has 0 bridgehead atoms. The molecule has 2 amide bonds. The van der Waals surface area contributed by atoms with Gasteiger partial charge in [0.05, 0.1) is 10.6 Å². The number of halogens is 2. The first-order valence-corrected chi connectivity index (χ1v) is 16.7. The summed E-state index contributed by atoms with van der Waals surface area (Å²) in [6.45, 7) is 6.73. The van der Waals surface area contributed by atoms with Gasteiger partial charge >= 0.3 is 0 Å². The lowest BCUT2D eigenvalue weighted by atomic mass is 10.0. The van der Waals surface area contributed by atoms with Crippen molar-refractivity contribution in [2.24, 2.45) is 0 Å². The molecule has 0 aliphatic carbocycles. The van der Waals surface area contributed by atoms with Gasteiger partial charge in [-0.15, -0.1) is 0 Å². The van der Waals surface area contributed by atoms with Crippen LogP contribution < -0.4 is 9.62 Å². The third-order valence-electron chi connectivity index (χ3n) is 7.11. The molecule has 0 saturated carbocycles. The molecule has 0 fully saturated rings. The predicted molar refractivity (Wildman–Crippen MR) is 181 cm³/mol. The van der Waals surface area contributed by atoms with Gasteiger partial charge in [0.25, 0.3) is 10.0 Å². The maximum Gasteiger partial charge on any atom is 0.264 e. The third-order valence-corrected chi connectivity index (χ3v) is 9.48. The molecule has 7 nitrogen and oxygen atoms in total. The molecule has 0 heterocycles. The minimum absolute atomic E-state index is 0.0214. The van der Waals surface area contributed by atoms with Crippen molar-refractivity contribution < 1.29 is 18.0 Å². The van der Waals surface area contributed by atoms with Gasteiger partial charge < -0.3 is 10.2 Å². The lowest BCUT2D eigenvalue weighted by molar-refractivity contribution is -0.140. The first kappa shape index (κ1) is 34.0. The Morgan fingerprint density at radius 1 is 0.844 bits per heavy atom. The monoisotopic (exact) mass is 665 g/mol. The fourth-order valence-corrected chi connectivity index (χ4v) is 6.87. The lowest BCUT2D eigenvalue weighted by Gasteiger charge is -2.35. The fraction of sp³-hybridized carbons (Fsp3) is 0.257. The Bertz CT molecular complexity index is 1740. The fourth-order valence-electron chi connectivity index (χ4n) is 4.95. The molecule has 4 aromatic rings. The first-order valence-electron chi connectivity index (χ1n) is 14.5. The molecule has 0 spiro atoms. The van der Waals surface area contributed by atoms with Crippen molar-refractivity contribution in [3.05, 3.63) is 130 Å². The molecule has 0 aromatic heterocycles. The zero-order valence-corrected chi connectivity index (χ0v) is 28.0. The summed E-state index contributed by atoms with van der Waals surface area (Å²) in [5, 5.41) is 3.87. The van der Waals surface area contributed by atoms with Crippen LogP contribution in [-0.4, -0.2) is 43.3 Å². The highest BCUT2D eigenvalue weighted by molar-refractivity contribution is 7.92. The largest absolute Gasteiger partial charge is 0.350 e. The minimum Gasteiger partial charge on any atom is -0.350 e. The number of aryl methyl sites for hydroxylation is 1. The topological polar surface area (TPSA) is 86.8 Å². The molecule has 4 rings (SSSR count). The van der Waals surface area contributed by atoms with E-state index in [2.05, 4.69) is 5.32 Å². The molecule has 0 saturated heterocycles. The molecule has 1 atom stereocenters. The van der Waals surface area contributed by atoms with Crippen LogP contribution in [0.25, 0.3) is 0 Å². The third kappa shape index (κ3) is 8.87. The van der Waals surface area contributed by atoms with Crippen LogP contribution in [0.3, 0.4) is 0 Å². The van der Waals surface area contributed by atoms with E-state index in [4.69, 9.17) is 23.2 Å². The number of anilines is 1. The predicted octanol–water partition coefficient (Wildman–Crippen LogP) is 7.05. The number of rotatable bonds is 11. The molecule has 45 heavy (non-hydrogen) atoms. The summed E-state index contributed by atoms with van der Waals surface area (Å²) in [5.41, 5.74) is 1.74. The van der Waals surface area contributed by atoms with Crippen molar-refractivity contribution in [2.75, 3.05) is 10.8 Å². The van der Waals surface area contributed by atoms with Crippen LogP contribution in [-0.2, 0) is 32.6 Å². The van der Waals surface area contributed by atoms with Crippen molar-refractivity contribution in [2.45, 2.75) is 57.1 Å². The summed E-state index contributed by atoms with van der Waals surface area (Å²) in [7, 11) is -4.22. The highest BCUT2D eigenvalue weighted by Crippen LogP contribution is 2.30. The lowest BCUT2D eigenvalue weighted by Crippen LogP contribution is -2.56. The summed E-state index contributed by atoms with van der Waals surface area (Å²) in [5.74, 6) is -0.944. The van der Waals surface area contributed by atoms with Gasteiger partial charge in [0, 0.05) is 28.5 Å². The van der Waals surface area contributed by atoms with E-state index in [1.165, 1.54) is 17.0 Å². The summed E-state index contributed by atoms with van der Waals surface area (Å²) in [6.07, 6.45) is 0.199. The average Bonchev–Trinajstić information content (AvgIpc) is 2.99. The van der Waals surface area contributed by atoms with Gasteiger partial charge in [0.1, 0.15) is 12.6 Å². The highest BCUT2D eigenvalue weighted by Gasteiger charge is 2.36. The van der Waals surface area contributed by atoms with Gasteiger partial charge in [-0.1, -0.05) is 89.9 Å². The van der Waals surface area contributed by atoms with Gasteiger partial charge in [0.2, 0.25) is 11.8 Å². The van der Waals surface area contributed by atoms with Crippen molar-refractivity contribution in [3.63, 3.8) is 0 Å². The second-order valence-electron chi connectivity index (χ2n) is 11.8. The zero-order valence-electron chi connectivity index (χ0n) is 25.7. The maximum absolute atomic E-state index is 14.6. The number of nitrogens with zero attached hydrogens (tertiary/aromatic N) is 2. The molecule has 1 N–H and O–H groups in total. The minimum atomic E-state index is -4.22. The number of carbonyl (C=O) groups excluding carboxylic acids is 2. The molecule has 0 aliphatic rings. The van der Waals surface area contributed by atoms with Gasteiger partial charge in [-0.3, -0.25) is 13.9 Å². The number of hydrogen-bond donors (Lipinski definition) is 1. The molecule has 0 unspecified atom stereocenters. The second kappa shape index (κ2) is 14.5. The van der Waals surface area contributed by atoms with E-state index in [1.54, 1.807) is 67.6 Å². The van der Waals surface area contributed by atoms with E-state index in [0.717, 1.165) is 9.87 Å². The quantitative estimate of drug-likeness (QED) is 0.186. The summed E-state index contributed by atoms with van der Waals surface area (Å²) in [4.78, 5) is 30.0. The summed E-state index contributed by atoms with van der Waals surface area (Å²) >= 11 is 12.8. The SMILES string of the molecule is Cc1cc(Cl)ccc1N(CC(=O)N(Cc1ccccc1Cl)[C@@H](Cc1ccccc1)C(=O)NC(C)(C)C)S(=O)(=O)c1ccccc1. The Morgan fingerprint density at radius 2 is 1.44 bits per heavy atom. The van der Waals surface area contributed by atoms with Crippen LogP contribution in [0.15, 0.2) is 108 Å². The number of amides is 2. The molecule has 236 valence electrons. The van der Waals surface area contributed by atoms with Crippen molar-refractivity contribution in [1.29, 1.82) is 0 Å².